The van der Waals surface area contributed by atoms with E-state index in [4.69, 9.17) is 43.2 Å². The number of rotatable bonds is 35. The van der Waals surface area contributed by atoms with Crippen LogP contribution in [0.15, 0.2) is 82.9 Å². The average Bonchev–Trinajstić information content (AvgIpc) is 4.03. The Hall–Kier alpha value is -4.43. The van der Waals surface area contributed by atoms with Gasteiger partial charge in [-0.2, -0.15) is 15.5 Å². The van der Waals surface area contributed by atoms with Crippen LogP contribution >= 0.6 is 7.75 Å². The number of nitrogens with two attached hydrogens (primary N) is 1. The maximum absolute atomic E-state index is 14.8. The van der Waals surface area contributed by atoms with Gasteiger partial charge in [0.1, 0.15) is 67.0 Å². The number of ether oxygens (including phenoxy) is 6. The lowest BCUT2D eigenvalue weighted by Gasteiger charge is -2.31. The molecule has 17 heteroatoms. The fourth-order valence-corrected chi connectivity index (χ4v) is 10.2. The van der Waals surface area contributed by atoms with Gasteiger partial charge in [0.2, 0.25) is 5.60 Å². The summed E-state index contributed by atoms with van der Waals surface area (Å²) in [6.07, 6.45) is 17.3. The lowest BCUT2D eigenvalue weighted by Crippen LogP contribution is -2.46. The lowest BCUT2D eigenvalue weighted by atomic mass is 9.96. The molecule has 0 spiro atoms. The second kappa shape index (κ2) is 29.2. The molecule has 0 bridgehead atoms. The molecule has 2 aromatic carbocycles. The van der Waals surface area contributed by atoms with E-state index in [1.54, 1.807) is 63.4 Å². The first-order valence-electron chi connectivity index (χ1n) is 25.4. The zero-order valence-corrected chi connectivity index (χ0v) is 43.2. The second-order valence-corrected chi connectivity index (χ2v) is 20.4. The smallest absolute Gasteiger partial charge is 0.459 e. The standard InChI is InChI=1S/C53H79N6O10P/c1-7-8-9-10-11-12-13-14-15-16-17-18-19-20-21-28-35-62-37-44(63-36-42-29-24-22-25-30-42)38-64-51(60)41(2)58-70(61,69-43-31-26-23-27-32-43)65-40-53(39-54)49-48(66-52(3,4)68-49)47(67-53)45-33-34-46(50(55)56-5)59(45)57-6/h22-27,29-34,41,44,47-49H,6-21,28,35-38,40H2,1-5H3,(H2,55,56)(H,58,61)/t41?,44-,47+,48+,49+,53-,70?/m1/s1. The number of hydrogen-bond donors (Lipinski definition) is 2. The zero-order chi connectivity index (χ0) is 50.2. The van der Waals surface area contributed by atoms with Crippen LogP contribution in [0.25, 0.3) is 0 Å². The van der Waals surface area contributed by atoms with Gasteiger partial charge in [0.05, 0.1) is 18.9 Å². The fourth-order valence-electron chi connectivity index (χ4n) is 8.71. The summed E-state index contributed by atoms with van der Waals surface area (Å²) in [4.78, 5) is 17.7. The number of unbranched alkanes of at least 4 members (excludes halogenated alkanes) is 15. The molecule has 16 nitrogen and oxygen atoms in total. The van der Waals surface area contributed by atoms with E-state index in [9.17, 15) is 14.6 Å². The van der Waals surface area contributed by atoms with Crippen molar-refractivity contribution in [1.29, 1.82) is 5.26 Å². The molecule has 2 aliphatic rings. The summed E-state index contributed by atoms with van der Waals surface area (Å²) in [5, 5.41) is 17.7. The fraction of sp³-hybridized carbons (Fsp3) is 0.623. The molecule has 386 valence electrons. The molecule has 0 amide bonds. The van der Waals surface area contributed by atoms with Gasteiger partial charge in [-0.05, 0) is 57.0 Å². The van der Waals surface area contributed by atoms with Crippen LogP contribution in [0, 0.1) is 11.3 Å². The molecule has 2 fully saturated rings. The number of esters is 1. The number of fused-ring (bicyclic) bond motifs is 1. The number of aliphatic imine (C=N–C) groups is 1. The van der Waals surface area contributed by atoms with E-state index >= 15 is 0 Å². The molecule has 3 N–H and O–H groups in total. The number of hydrogen-bond acceptors (Lipinski definition) is 13. The summed E-state index contributed by atoms with van der Waals surface area (Å²) in [5.74, 6) is -1.49. The van der Waals surface area contributed by atoms with Crippen LogP contribution in [0.5, 0.6) is 5.75 Å². The Morgan fingerprint density at radius 2 is 1.47 bits per heavy atom. The van der Waals surface area contributed by atoms with Crippen molar-refractivity contribution in [3.63, 3.8) is 0 Å². The minimum Gasteiger partial charge on any atom is -0.462 e. The van der Waals surface area contributed by atoms with E-state index in [2.05, 4.69) is 34.9 Å². The van der Waals surface area contributed by atoms with Gasteiger partial charge >= 0.3 is 13.7 Å². The third-order valence-electron chi connectivity index (χ3n) is 12.5. The Morgan fingerprint density at radius 3 is 2.06 bits per heavy atom. The van der Waals surface area contributed by atoms with Crippen LogP contribution in [0.2, 0.25) is 0 Å². The van der Waals surface area contributed by atoms with Crippen molar-refractivity contribution in [2.75, 3.05) is 33.5 Å². The number of carbonyl (C=O) groups is 1. The number of amidine groups is 1. The van der Waals surface area contributed by atoms with Crippen molar-refractivity contribution in [3.8, 4) is 11.8 Å². The third kappa shape index (κ3) is 17.4. The van der Waals surface area contributed by atoms with Crippen LogP contribution in [-0.4, -0.2) is 92.4 Å². The Balaban J connectivity index is 1.14. The number of nitrogens with zero attached hydrogens (tertiary/aromatic N) is 4. The van der Waals surface area contributed by atoms with E-state index in [1.807, 2.05) is 30.3 Å². The summed E-state index contributed by atoms with van der Waals surface area (Å²) in [5.41, 5.74) is 6.13. The van der Waals surface area contributed by atoms with Crippen LogP contribution in [0.1, 0.15) is 153 Å². The van der Waals surface area contributed by atoms with E-state index in [0.717, 1.165) is 18.4 Å². The summed E-state index contributed by atoms with van der Waals surface area (Å²) >= 11 is 0. The number of nitriles is 1. The van der Waals surface area contributed by atoms with Crippen molar-refractivity contribution in [2.45, 2.75) is 179 Å². The van der Waals surface area contributed by atoms with Gasteiger partial charge in [-0.1, -0.05) is 152 Å². The second-order valence-electron chi connectivity index (χ2n) is 18.7. The highest BCUT2D eigenvalue weighted by molar-refractivity contribution is 7.52. The normalized spacial score (nSPS) is 21.4. The average molecular weight is 991 g/mol. The molecule has 2 aliphatic heterocycles. The summed E-state index contributed by atoms with van der Waals surface area (Å²) < 4.78 is 65.3. The topological polar surface area (TPSA) is 199 Å². The van der Waals surface area contributed by atoms with Gasteiger partial charge in [-0.25, -0.2) is 9.24 Å². The lowest BCUT2D eigenvalue weighted by molar-refractivity contribution is -0.204. The predicted octanol–water partition coefficient (Wildman–Crippen LogP) is 10.7. The van der Waals surface area contributed by atoms with Gasteiger partial charge < -0.3 is 38.7 Å². The van der Waals surface area contributed by atoms with Gasteiger partial charge in [-0.3, -0.25) is 14.3 Å². The van der Waals surface area contributed by atoms with Crippen molar-refractivity contribution >= 4 is 26.3 Å². The zero-order valence-electron chi connectivity index (χ0n) is 42.3. The molecule has 3 heterocycles. The number of carbonyl (C=O) groups excluding carboxylic acids is 1. The van der Waals surface area contributed by atoms with Crippen molar-refractivity contribution in [1.82, 2.24) is 9.76 Å². The highest BCUT2D eigenvalue weighted by Gasteiger charge is 2.65. The maximum atomic E-state index is 14.8. The molecular formula is C53H79N6O10P. The Bertz CT molecular complexity index is 2130. The monoisotopic (exact) mass is 991 g/mol. The number of benzene rings is 2. The highest BCUT2D eigenvalue weighted by atomic mass is 31.2. The molecule has 3 aromatic rings. The van der Waals surface area contributed by atoms with Crippen molar-refractivity contribution in [3.05, 3.63) is 89.7 Å². The van der Waals surface area contributed by atoms with E-state index in [-0.39, 0.29) is 24.8 Å². The minimum atomic E-state index is -4.50. The summed E-state index contributed by atoms with van der Waals surface area (Å²) in [6, 6.07) is 22.5. The Kier molecular flexibility index (Phi) is 23.5. The van der Waals surface area contributed by atoms with Crippen LogP contribution < -0.4 is 15.3 Å². The van der Waals surface area contributed by atoms with Crippen molar-refractivity contribution < 1.29 is 46.8 Å². The van der Waals surface area contributed by atoms with Crippen LogP contribution in [-0.2, 0) is 48.9 Å². The molecule has 0 aliphatic carbocycles. The molecule has 7 atom stereocenters. The van der Waals surface area contributed by atoms with Crippen molar-refractivity contribution in [2.24, 2.45) is 15.8 Å². The molecular weight excluding hydrogens is 912 g/mol. The minimum absolute atomic E-state index is 0.122. The van der Waals surface area contributed by atoms with Gasteiger partial charge in [0.15, 0.2) is 5.79 Å². The van der Waals surface area contributed by atoms with Gasteiger partial charge in [0.25, 0.3) is 0 Å². The van der Waals surface area contributed by atoms with Gasteiger partial charge in [0, 0.05) is 20.4 Å². The maximum Gasteiger partial charge on any atom is 0.459 e. The first kappa shape index (κ1) is 56.5. The SMILES string of the molecule is C=Nn1c(/C(N)=N\C)ccc1[C@@H]1O[C@](C#N)(COP(=O)(NC(C)C(=O)OC[C@@H](COCCCCCCCCCCCCCCCCCC)OCc2ccccc2)Oc2ccccc2)[C@H]2OC(C)(C)O[C@@H]12. The number of aromatic nitrogens is 1. The first-order chi connectivity index (χ1) is 33.9. The number of nitrogens with one attached hydrogen (secondary N) is 1. The van der Waals surface area contributed by atoms with Crippen LogP contribution in [0.4, 0.5) is 0 Å². The van der Waals surface area contributed by atoms with Crippen LogP contribution in [0.3, 0.4) is 0 Å². The number of para-hydroxylation sites is 1. The third-order valence-corrected chi connectivity index (χ3v) is 14.2. The summed E-state index contributed by atoms with van der Waals surface area (Å²) in [6.45, 7) is 11.2. The molecule has 2 unspecified atom stereocenters. The largest absolute Gasteiger partial charge is 0.462 e. The quantitative estimate of drug-likeness (QED) is 0.0186. The molecule has 0 radical (unpaired) electrons. The predicted molar refractivity (Wildman–Crippen MR) is 272 cm³/mol. The molecule has 0 saturated carbocycles. The molecule has 2 saturated heterocycles. The molecule has 5 rings (SSSR count). The van der Waals surface area contributed by atoms with E-state index < -0.39 is 62.2 Å². The highest BCUT2D eigenvalue weighted by Crippen LogP contribution is 2.53. The summed E-state index contributed by atoms with van der Waals surface area (Å²) in [7, 11) is -2.95. The first-order valence-corrected chi connectivity index (χ1v) is 26.9. The van der Waals surface area contributed by atoms with Gasteiger partial charge in [-0.15, -0.1) is 0 Å². The van der Waals surface area contributed by atoms with E-state index in [0.29, 0.717) is 24.6 Å². The molecule has 70 heavy (non-hydrogen) atoms. The molecule has 1 aromatic heterocycles. The Morgan fingerprint density at radius 1 is 0.871 bits per heavy atom. The van der Waals surface area contributed by atoms with E-state index in [1.165, 1.54) is 101 Å². The Labute approximate surface area is 416 Å².